The second-order valence-electron chi connectivity index (χ2n) is 2.19. The van der Waals surface area contributed by atoms with Gasteiger partial charge in [0.05, 0.1) is 19.8 Å². The second kappa shape index (κ2) is 11.9. The number of aliphatic hydroxyl groups is 2. The number of halogens is 2. The summed E-state index contributed by atoms with van der Waals surface area (Å²) in [5, 5.41) is 17.0. The lowest BCUT2D eigenvalue weighted by Crippen LogP contribution is -2.37. The van der Waals surface area contributed by atoms with Gasteiger partial charge in [-0.2, -0.15) is 0 Å². The Morgan fingerprint density at radius 1 is 1.15 bits per heavy atom. The van der Waals surface area contributed by atoms with Gasteiger partial charge >= 0.3 is 0 Å². The predicted octanol–water partition coefficient (Wildman–Crippen LogP) is -1.40. The molecule has 1 amide bonds. The van der Waals surface area contributed by atoms with Gasteiger partial charge in [-0.25, -0.2) is 0 Å². The Hall–Kier alpha value is -0.0700. The number of carbonyl (C=O) groups is 1. The fourth-order valence-corrected chi connectivity index (χ4v) is 0.773. The lowest BCUT2D eigenvalue weighted by Gasteiger charge is -2.17. The van der Waals surface area contributed by atoms with Crippen molar-refractivity contribution in [2.24, 2.45) is 5.73 Å². The zero-order valence-corrected chi connectivity index (χ0v) is 8.81. The summed E-state index contributed by atoms with van der Waals surface area (Å²) in [6.07, 6.45) is 0. The van der Waals surface area contributed by atoms with E-state index in [2.05, 4.69) is 0 Å². The molecule has 0 aromatic heterocycles. The Balaban J connectivity index is -0.000000500. The summed E-state index contributed by atoms with van der Waals surface area (Å²) in [6, 6.07) is 0. The number of nitrogens with two attached hydrogens (primary N) is 1. The van der Waals surface area contributed by atoms with Crippen LogP contribution in [0.3, 0.4) is 0 Å². The molecule has 13 heavy (non-hydrogen) atoms. The van der Waals surface area contributed by atoms with Crippen molar-refractivity contribution in [1.82, 2.24) is 4.90 Å². The van der Waals surface area contributed by atoms with Crippen molar-refractivity contribution >= 4 is 30.7 Å². The number of hydrogen-bond acceptors (Lipinski definition) is 4. The summed E-state index contributed by atoms with van der Waals surface area (Å²) in [5.74, 6) is -0.452. The molecule has 0 radical (unpaired) electrons. The Morgan fingerprint density at radius 2 is 1.54 bits per heavy atom. The van der Waals surface area contributed by atoms with E-state index < -0.39 is 5.91 Å². The molecule has 0 aromatic rings. The number of aliphatic hydroxyl groups excluding tert-OH is 2. The maximum atomic E-state index is 10.4. The minimum Gasteiger partial charge on any atom is -0.395 e. The van der Waals surface area contributed by atoms with Crippen LogP contribution in [0.15, 0.2) is 0 Å². The maximum absolute atomic E-state index is 10.4. The third-order valence-corrected chi connectivity index (χ3v) is 1.21. The van der Waals surface area contributed by atoms with Crippen molar-refractivity contribution in [1.29, 1.82) is 0 Å². The number of nitrogens with zero attached hydrogens (tertiary/aromatic N) is 1. The molecule has 0 aliphatic rings. The maximum Gasteiger partial charge on any atom is 0.231 e. The van der Waals surface area contributed by atoms with Gasteiger partial charge in [0.1, 0.15) is 0 Å². The highest BCUT2D eigenvalue weighted by molar-refractivity contribution is 5.85. The molecule has 0 heterocycles. The Bertz CT molecular complexity index is 120. The highest BCUT2D eigenvalue weighted by atomic mass is 35.5. The molecule has 0 aliphatic carbocycles. The first-order chi connectivity index (χ1) is 5.20. The molecule has 0 saturated heterocycles. The summed E-state index contributed by atoms with van der Waals surface area (Å²) in [4.78, 5) is 12.0. The summed E-state index contributed by atoms with van der Waals surface area (Å²) < 4.78 is 0. The molecule has 0 saturated carbocycles. The van der Waals surface area contributed by atoms with Crippen LogP contribution in [0.4, 0.5) is 0 Å². The number of hydrogen-bond donors (Lipinski definition) is 3. The highest BCUT2D eigenvalue weighted by Crippen LogP contribution is 1.84. The van der Waals surface area contributed by atoms with Gasteiger partial charge in [0.25, 0.3) is 0 Å². The lowest BCUT2D eigenvalue weighted by molar-refractivity contribution is -0.119. The predicted molar refractivity (Wildman–Crippen MR) is 54.3 cm³/mol. The van der Waals surface area contributed by atoms with E-state index in [1.54, 1.807) is 4.90 Å². The molecule has 0 aliphatic heterocycles. The molecule has 0 spiro atoms. The van der Waals surface area contributed by atoms with Crippen LogP contribution in [0.25, 0.3) is 0 Å². The minimum atomic E-state index is -0.452. The quantitative estimate of drug-likeness (QED) is 0.528. The summed E-state index contributed by atoms with van der Waals surface area (Å²) in [7, 11) is 0. The van der Waals surface area contributed by atoms with Crippen LogP contribution in [0, 0.1) is 0 Å². The average molecular weight is 235 g/mol. The third-order valence-electron chi connectivity index (χ3n) is 1.21. The van der Waals surface area contributed by atoms with Crippen molar-refractivity contribution in [3.05, 3.63) is 0 Å². The van der Waals surface area contributed by atoms with Crippen LogP contribution in [-0.2, 0) is 4.79 Å². The highest BCUT2D eigenvalue weighted by Gasteiger charge is 2.05. The van der Waals surface area contributed by atoms with Crippen LogP contribution < -0.4 is 5.73 Å². The van der Waals surface area contributed by atoms with Crippen LogP contribution in [0.1, 0.15) is 0 Å². The summed E-state index contributed by atoms with van der Waals surface area (Å²) >= 11 is 0. The molecule has 0 aromatic carbocycles. The van der Waals surface area contributed by atoms with E-state index >= 15 is 0 Å². The molecule has 0 atom stereocenters. The fourth-order valence-electron chi connectivity index (χ4n) is 0.773. The van der Waals surface area contributed by atoms with Crippen molar-refractivity contribution in [2.75, 3.05) is 32.8 Å². The molecule has 7 heteroatoms. The molecular weight excluding hydrogens is 219 g/mol. The Kier molecular flexibility index (Phi) is 17.1. The van der Waals surface area contributed by atoms with E-state index in [1.807, 2.05) is 0 Å². The molecule has 0 rings (SSSR count). The molecule has 0 bridgehead atoms. The van der Waals surface area contributed by atoms with Crippen molar-refractivity contribution in [3.63, 3.8) is 0 Å². The Morgan fingerprint density at radius 3 is 1.77 bits per heavy atom. The van der Waals surface area contributed by atoms with Crippen molar-refractivity contribution < 1.29 is 15.0 Å². The van der Waals surface area contributed by atoms with Crippen molar-refractivity contribution in [2.45, 2.75) is 0 Å². The van der Waals surface area contributed by atoms with E-state index in [-0.39, 0.29) is 44.6 Å². The molecular formula is C6H16Cl2N2O3. The van der Waals surface area contributed by atoms with Gasteiger partial charge in [0, 0.05) is 13.1 Å². The first kappa shape index (κ1) is 18.7. The first-order valence-corrected chi connectivity index (χ1v) is 3.43. The molecule has 5 nitrogen and oxygen atoms in total. The van der Waals surface area contributed by atoms with Gasteiger partial charge in [0.2, 0.25) is 5.91 Å². The zero-order chi connectivity index (χ0) is 8.69. The van der Waals surface area contributed by atoms with E-state index in [1.165, 1.54) is 0 Å². The summed E-state index contributed by atoms with van der Waals surface area (Å²) in [6.45, 7) is 0.745. The Labute approximate surface area is 89.7 Å². The van der Waals surface area contributed by atoms with Gasteiger partial charge in [-0.05, 0) is 0 Å². The third kappa shape index (κ3) is 11.9. The van der Waals surface area contributed by atoms with E-state index in [0.717, 1.165) is 0 Å². The van der Waals surface area contributed by atoms with Crippen LogP contribution in [0.2, 0.25) is 0 Å². The number of primary amides is 1. The normalized spacial score (nSPS) is 8.85. The van der Waals surface area contributed by atoms with E-state index in [4.69, 9.17) is 15.9 Å². The monoisotopic (exact) mass is 234 g/mol. The van der Waals surface area contributed by atoms with Gasteiger partial charge in [-0.15, -0.1) is 24.8 Å². The van der Waals surface area contributed by atoms with Gasteiger partial charge in [-0.3, -0.25) is 9.69 Å². The zero-order valence-electron chi connectivity index (χ0n) is 7.18. The second-order valence-corrected chi connectivity index (χ2v) is 2.19. The van der Waals surface area contributed by atoms with Gasteiger partial charge in [-0.1, -0.05) is 0 Å². The van der Waals surface area contributed by atoms with Crippen LogP contribution >= 0.6 is 24.8 Å². The number of amides is 1. The van der Waals surface area contributed by atoms with E-state index in [0.29, 0.717) is 13.1 Å². The smallest absolute Gasteiger partial charge is 0.231 e. The largest absolute Gasteiger partial charge is 0.395 e. The van der Waals surface area contributed by atoms with Gasteiger partial charge < -0.3 is 15.9 Å². The minimum absolute atomic E-state index is 0. The standard InChI is InChI=1S/C6H14N2O3.2ClH/c7-6(11)5-8(1-3-9)2-4-10;;/h9-10H,1-5H2,(H2,7,11);2*1H. The average Bonchev–Trinajstić information content (AvgIpc) is 1.87. The number of carbonyl (C=O) groups excluding carboxylic acids is 1. The van der Waals surface area contributed by atoms with Gasteiger partial charge in [0.15, 0.2) is 0 Å². The first-order valence-electron chi connectivity index (χ1n) is 3.43. The van der Waals surface area contributed by atoms with Crippen molar-refractivity contribution in [3.8, 4) is 0 Å². The molecule has 82 valence electrons. The van der Waals surface area contributed by atoms with Crippen LogP contribution in [0.5, 0.6) is 0 Å². The lowest BCUT2D eigenvalue weighted by atomic mass is 10.4. The fraction of sp³-hybridized carbons (Fsp3) is 0.833. The molecule has 0 fully saturated rings. The SMILES string of the molecule is Cl.Cl.NC(=O)CN(CCO)CCO. The molecule has 0 unspecified atom stereocenters. The topological polar surface area (TPSA) is 86.8 Å². The van der Waals surface area contributed by atoms with Crippen LogP contribution in [-0.4, -0.2) is 53.9 Å². The molecule has 4 N–H and O–H groups in total. The van der Waals surface area contributed by atoms with E-state index in [9.17, 15) is 4.79 Å². The number of rotatable bonds is 6. The summed E-state index contributed by atoms with van der Waals surface area (Å²) in [5.41, 5.74) is 4.91.